The fourth-order valence-corrected chi connectivity index (χ4v) is 3.08. The van der Waals surface area contributed by atoms with Crippen LogP contribution in [0.5, 0.6) is 0 Å². The van der Waals surface area contributed by atoms with Gasteiger partial charge in [0, 0.05) is 6.42 Å². The van der Waals surface area contributed by atoms with Crippen LogP contribution in [-0.2, 0) is 12.8 Å². The molecule has 0 spiro atoms. The van der Waals surface area contributed by atoms with E-state index in [4.69, 9.17) is 11.6 Å². The first-order valence-corrected chi connectivity index (χ1v) is 7.97. The van der Waals surface area contributed by atoms with E-state index < -0.39 is 0 Å². The third-order valence-corrected chi connectivity index (χ3v) is 4.05. The van der Waals surface area contributed by atoms with Gasteiger partial charge in [0.1, 0.15) is 0 Å². The maximum absolute atomic E-state index is 12.5. The monoisotopic (exact) mass is 318 g/mol. The van der Waals surface area contributed by atoms with Crippen molar-refractivity contribution in [1.82, 2.24) is 20.0 Å². The van der Waals surface area contributed by atoms with Crippen molar-refractivity contribution in [3.8, 4) is 5.82 Å². The third-order valence-electron chi connectivity index (χ3n) is 3.84. The Morgan fingerprint density at radius 3 is 2.73 bits per heavy atom. The zero-order chi connectivity index (χ0) is 15.9. The lowest BCUT2D eigenvalue weighted by Crippen LogP contribution is -2.20. The second-order valence-corrected chi connectivity index (χ2v) is 6.82. The maximum atomic E-state index is 12.5. The minimum Gasteiger partial charge on any atom is -0.294 e. The predicted octanol–water partition coefficient (Wildman–Crippen LogP) is 3.28. The van der Waals surface area contributed by atoms with Crippen molar-refractivity contribution in [3.63, 3.8) is 0 Å². The molecule has 0 aliphatic heterocycles. The molecule has 2 aromatic rings. The quantitative estimate of drug-likeness (QED) is 0.871. The second-order valence-electron chi connectivity index (χ2n) is 6.43. The van der Waals surface area contributed by atoms with E-state index in [2.05, 4.69) is 36.1 Å². The van der Waals surface area contributed by atoms with Crippen LogP contribution in [0, 0.1) is 11.8 Å². The van der Waals surface area contributed by atoms with Crippen LogP contribution < -0.4 is 0 Å². The van der Waals surface area contributed by atoms with Gasteiger partial charge in [0.25, 0.3) is 0 Å². The molecule has 0 bridgehead atoms. The Kier molecular flexibility index (Phi) is 4.00. The Balaban J connectivity index is 2.14. The van der Waals surface area contributed by atoms with Gasteiger partial charge in [0.15, 0.2) is 16.8 Å². The lowest BCUT2D eigenvalue weighted by Gasteiger charge is -2.19. The third kappa shape index (κ3) is 2.77. The van der Waals surface area contributed by atoms with Gasteiger partial charge in [-0.1, -0.05) is 32.4 Å². The number of ketones is 1. The first kappa shape index (κ1) is 15.2. The predicted molar refractivity (Wildman–Crippen MR) is 84.5 cm³/mol. The molecule has 116 valence electrons. The van der Waals surface area contributed by atoms with Crippen LogP contribution in [-0.4, -0.2) is 25.8 Å². The minimum absolute atomic E-state index is 0.192. The summed E-state index contributed by atoms with van der Waals surface area (Å²) in [6.07, 6.45) is 2.21. The molecule has 0 aromatic carbocycles. The highest BCUT2D eigenvalue weighted by Crippen LogP contribution is 2.30. The number of carbonyl (C=O) groups is 1. The fourth-order valence-electron chi connectivity index (χ4n) is 2.98. The van der Waals surface area contributed by atoms with Gasteiger partial charge in [-0.25, -0.2) is 4.68 Å². The molecule has 1 aliphatic rings. The number of halogens is 1. The molecule has 6 heteroatoms. The summed E-state index contributed by atoms with van der Waals surface area (Å²) in [6.45, 7) is 6.35. The number of hydrogen-bond donors (Lipinski definition) is 0. The van der Waals surface area contributed by atoms with Gasteiger partial charge in [-0.05, 0) is 36.8 Å². The number of hydrogen-bond acceptors (Lipinski definition) is 4. The maximum Gasteiger partial charge on any atom is 0.176 e. The van der Waals surface area contributed by atoms with Crippen molar-refractivity contribution >= 4 is 17.4 Å². The summed E-state index contributed by atoms with van der Waals surface area (Å²) in [6, 6.07) is 3.47. The molecule has 0 amide bonds. The summed E-state index contributed by atoms with van der Waals surface area (Å²) in [4.78, 5) is 12.5. The van der Waals surface area contributed by atoms with Crippen molar-refractivity contribution in [1.29, 1.82) is 0 Å². The highest BCUT2D eigenvalue weighted by atomic mass is 35.5. The van der Waals surface area contributed by atoms with E-state index in [1.807, 2.05) is 0 Å². The summed E-state index contributed by atoms with van der Waals surface area (Å²) >= 11 is 5.81. The average molecular weight is 319 g/mol. The normalized spacial score (nSPS) is 17.9. The Hall–Kier alpha value is -1.75. The summed E-state index contributed by atoms with van der Waals surface area (Å²) in [5, 5.41) is 13.0. The van der Waals surface area contributed by atoms with Crippen molar-refractivity contribution in [2.75, 3.05) is 0 Å². The molecule has 1 aliphatic carbocycles. The zero-order valence-corrected chi connectivity index (χ0v) is 13.8. The first-order valence-electron chi connectivity index (χ1n) is 7.59. The fraction of sp³-hybridized carbons (Fsp3) is 0.500. The average Bonchev–Trinajstić information content (AvgIpc) is 2.77. The zero-order valence-electron chi connectivity index (χ0n) is 13.0. The van der Waals surface area contributed by atoms with Gasteiger partial charge >= 0.3 is 0 Å². The molecular formula is C16H19ClN4O. The second kappa shape index (κ2) is 5.80. The van der Waals surface area contributed by atoms with Gasteiger partial charge in [-0.2, -0.15) is 5.10 Å². The van der Waals surface area contributed by atoms with E-state index in [1.165, 1.54) is 0 Å². The molecule has 0 saturated heterocycles. The highest BCUT2D eigenvalue weighted by Gasteiger charge is 2.31. The molecule has 2 aromatic heterocycles. The van der Waals surface area contributed by atoms with Crippen LogP contribution in [0.3, 0.4) is 0 Å². The SMILES string of the molecule is CC(C)Cc1nn(-c2ccc(Cl)nn2)c2c1C(=O)CC(C)C2. The van der Waals surface area contributed by atoms with Gasteiger partial charge in [-0.3, -0.25) is 4.79 Å². The Morgan fingerprint density at radius 1 is 1.32 bits per heavy atom. The van der Waals surface area contributed by atoms with E-state index in [9.17, 15) is 4.79 Å². The summed E-state index contributed by atoms with van der Waals surface area (Å²) in [7, 11) is 0. The van der Waals surface area contributed by atoms with Crippen molar-refractivity contribution in [2.24, 2.45) is 11.8 Å². The van der Waals surface area contributed by atoms with Gasteiger partial charge < -0.3 is 0 Å². The first-order chi connectivity index (χ1) is 10.5. The number of aromatic nitrogens is 4. The molecule has 2 heterocycles. The number of Topliss-reactive ketones (excluding diaryl/α,β-unsaturated/α-hetero) is 1. The summed E-state index contributed by atoms with van der Waals surface area (Å²) < 4.78 is 1.77. The molecule has 5 nitrogen and oxygen atoms in total. The van der Waals surface area contributed by atoms with Crippen molar-refractivity contribution < 1.29 is 4.79 Å². The Labute approximate surface area is 134 Å². The molecule has 0 fully saturated rings. The van der Waals surface area contributed by atoms with Gasteiger partial charge in [-0.15, -0.1) is 10.2 Å². The Bertz CT molecular complexity index is 706. The minimum atomic E-state index is 0.192. The van der Waals surface area contributed by atoms with Crippen LogP contribution in [0.15, 0.2) is 12.1 Å². The molecule has 0 radical (unpaired) electrons. The van der Waals surface area contributed by atoms with E-state index in [0.29, 0.717) is 29.2 Å². The number of rotatable bonds is 3. The van der Waals surface area contributed by atoms with Crippen LogP contribution in [0.4, 0.5) is 0 Å². The molecular weight excluding hydrogens is 300 g/mol. The molecule has 22 heavy (non-hydrogen) atoms. The standard InChI is InChI=1S/C16H19ClN4O/c1-9(2)6-11-16-12(7-10(3)8-13(16)22)21(20-11)15-5-4-14(17)18-19-15/h4-5,9-10H,6-8H2,1-3H3. The van der Waals surface area contributed by atoms with Crippen molar-refractivity contribution in [3.05, 3.63) is 34.2 Å². The number of fused-ring (bicyclic) bond motifs is 1. The topological polar surface area (TPSA) is 60.7 Å². The van der Waals surface area contributed by atoms with Crippen LogP contribution in [0.1, 0.15) is 48.9 Å². The summed E-state index contributed by atoms with van der Waals surface area (Å²) in [5.74, 6) is 1.56. The molecule has 0 saturated carbocycles. The van der Waals surface area contributed by atoms with E-state index >= 15 is 0 Å². The number of carbonyl (C=O) groups excluding carboxylic acids is 1. The number of nitrogens with zero attached hydrogens (tertiary/aromatic N) is 4. The van der Waals surface area contributed by atoms with Gasteiger partial charge in [0.05, 0.1) is 17.0 Å². The van der Waals surface area contributed by atoms with E-state index in [0.717, 1.165) is 29.8 Å². The van der Waals surface area contributed by atoms with Crippen LogP contribution >= 0.6 is 11.6 Å². The molecule has 1 unspecified atom stereocenters. The van der Waals surface area contributed by atoms with Gasteiger partial charge in [0.2, 0.25) is 0 Å². The Morgan fingerprint density at radius 2 is 2.09 bits per heavy atom. The smallest absolute Gasteiger partial charge is 0.176 e. The lowest BCUT2D eigenvalue weighted by molar-refractivity contribution is 0.0951. The molecule has 0 N–H and O–H groups in total. The lowest BCUT2D eigenvalue weighted by atomic mass is 9.86. The largest absolute Gasteiger partial charge is 0.294 e. The molecule has 1 atom stereocenters. The van der Waals surface area contributed by atoms with Crippen molar-refractivity contribution in [2.45, 2.75) is 40.0 Å². The van der Waals surface area contributed by atoms with Crippen LogP contribution in [0.2, 0.25) is 5.15 Å². The van der Waals surface area contributed by atoms with E-state index in [-0.39, 0.29) is 5.78 Å². The highest BCUT2D eigenvalue weighted by molar-refractivity contribution is 6.29. The molecule has 3 rings (SSSR count). The summed E-state index contributed by atoms with van der Waals surface area (Å²) in [5.41, 5.74) is 2.62. The van der Waals surface area contributed by atoms with Crippen LogP contribution in [0.25, 0.3) is 5.82 Å². The van der Waals surface area contributed by atoms with E-state index in [1.54, 1.807) is 16.8 Å².